The van der Waals surface area contributed by atoms with Crippen molar-refractivity contribution < 1.29 is 24.9 Å². The van der Waals surface area contributed by atoms with Gasteiger partial charge in [0.2, 0.25) is 5.91 Å². The number of nitrogens with one attached hydrogen (secondary N) is 1. The third-order valence-electron chi connectivity index (χ3n) is 5.54. The normalized spacial score (nSPS) is 18.9. The molecule has 1 aliphatic rings. The van der Waals surface area contributed by atoms with Gasteiger partial charge >= 0.3 is 5.97 Å². The molecule has 0 saturated carbocycles. The zero-order valence-corrected chi connectivity index (χ0v) is 18.3. The smallest absolute Gasteiger partial charge is 0.339 e. The highest BCUT2D eigenvalue weighted by molar-refractivity contribution is 7.17. The van der Waals surface area contributed by atoms with Crippen molar-refractivity contribution in [3.63, 3.8) is 0 Å². The number of fused-ring (bicyclic) bond motifs is 1. The molecule has 4 N–H and O–H groups in total. The number of hydrogen-bond acceptors (Lipinski definition) is 5. The van der Waals surface area contributed by atoms with E-state index in [9.17, 15) is 24.9 Å². The van der Waals surface area contributed by atoms with Crippen molar-refractivity contribution in [1.82, 2.24) is 0 Å². The Morgan fingerprint density at radius 1 is 1.20 bits per heavy atom. The van der Waals surface area contributed by atoms with E-state index in [0.29, 0.717) is 16.5 Å². The number of phenols is 2. The second kappa shape index (κ2) is 8.14. The minimum atomic E-state index is -1.03. The van der Waals surface area contributed by atoms with Crippen LogP contribution in [-0.2, 0) is 11.2 Å². The van der Waals surface area contributed by atoms with E-state index in [2.05, 4.69) is 33.0 Å². The zero-order chi connectivity index (χ0) is 22.2. The zero-order valence-electron chi connectivity index (χ0n) is 17.5. The van der Waals surface area contributed by atoms with E-state index in [-0.39, 0.29) is 28.4 Å². The maximum absolute atomic E-state index is 12.5. The lowest BCUT2D eigenvalue weighted by atomic mass is 9.65. The maximum Gasteiger partial charge on any atom is 0.339 e. The summed E-state index contributed by atoms with van der Waals surface area (Å²) in [6, 6.07) is 4.22. The van der Waals surface area contributed by atoms with Gasteiger partial charge in [-0.15, -0.1) is 11.3 Å². The van der Waals surface area contributed by atoms with Crippen LogP contribution in [0.5, 0.6) is 11.5 Å². The molecule has 1 aliphatic carbocycles. The molecule has 1 amide bonds. The quantitative estimate of drug-likeness (QED) is 0.394. The molecule has 0 radical (unpaired) electrons. The Labute approximate surface area is 179 Å². The van der Waals surface area contributed by atoms with Crippen molar-refractivity contribution in [2.45, 2.75) is 46.5 Å². The van der Waals surface area contributed by atoms with E-state index >= 15 is 0 Å². The molecule has 30 heavy (non-hydrogen) atoms. The largest absolute Gasteiger partial charge is 0.504 e. The Hall–Kier alpha value is -2.80. The van der Waals surface area contributed by atoms with E-state index in [1.165, 1.54) is 35.6 Å². The number of carboxylic acids is 1. The number of aromatic carboxylic acids is 1. The Morgan fingerprint density at radius 2 is 1.90 bits per heavy atom. The Kier molecular flexibility index (Phi) is 5.94. The number of anilines is 1. The molecule has 0 fully saturated rings. The van der Waals surface area contributed by atoms with Crippen LogP contribution in [0.15, 0.2) is 24.3 Å². The lowest BCUT2D eigenvalue weighted by Crippen LogP contribution is -2.30. The van der Waals surface area contributed by atoms with Gasteiger partial charge in [0.05, 0.1) is 5.56 Å². The fraction of sp³-hybridized carbons (Fsp3) is 0.391. The SMILES string of the molecule is CC1CCc2sc(NC(=O)C=Cc3ccc(O)c(O)c3)c(C(=O)O)c2C1C(C)(C)C. The van der Waals surface area contributed by atoms with Gasteiger partial charge in [-0.05, 0) is 59.4 Å². The lowest BCUT2D eigenvalue weighted by Gasteiger charge is -2.39. The molecule has 1 aromatic heterocycles. The highest BCUT2D eigenvalue weighted by Gasteiger charge is 2.40. The van der Waals surface area contributed by atoms with Crippen LogP contribution in [0.2, 0.25) is 0 Å². The number of amides is 1. The van der Waals surface area contributed by atoms with Crippen LogP contribution in [0, 0.1) is 11.3 Å². The first-order chi connectivity index (χ1) is 14.0. The molecule has 6 nitrogen and oxygen atoms in total. The number of thiophene rings is 1. The molecule has 0 bridgehead atoms. The highest BCUT2D eigenvalue weighted by atomic mass is 32.1. The number of aromatic hydroxyl groups is 2. The van der Waals surface area contributed by atoms with Gasteiger partial charge in [0.1, 0.15) is 5.00 Å². The van der Waals surface area contributed by atoms with Gasteiger partial charge in [0.15, 0.2) is 11.5 Å². The molecule has 2 atom stereocenters. The molecular formula is C23H27NO5S. The summed E-state index contributed by atoms with van der Waals surface area (Å²) in [5.74, 6) is -1.54. The number of aryl methyl sites for hydroxylation is 1. The van der Waals surface area contributed by atoms with Crippen molar-refractivity contribution in [2.75, 3.05) is 5.32 Å². The van der Waals surface area contributed by atoms with Gasteiger partial charge < -0.3 is 20.6 Å². The van der Waals surface area contributed by atoms with Crippen LogP contribution < -0.4 is 5.32 Å². The third kappa shape index (κ3) is 4.36. The fourth-order valence-electron chi connectivity index (χ4n) is 4.37. The summed E-state index contributed by atoms with van der Waals surface area (Å²) < 4.78 is 0. The molecule has 2 aromatic rings. The predicted octanol–water partition coefficient (Wildman–Crippen LogP) is 5.22. The monoisotopic (exact) mass is 429 g/mol. The van der Waals surface area contributed by atoms with E-state index < -0.39 is 11.9 Å². The molecule has 0 saturated heterocycles. The molecule has 1 aromatic carbocycles. The summed E-state index contributed by atoms with van der Waals surface area (Å²) in [5.41, 5.74) is 1.50. The van der Waals surface area contributed by atoms with Gasteiger partial charge in [0.25, 0.3) is 0 Å². The summed E-state index contributed by atoms with van der Waals surface area (Å²) in [5, 5.41) is 32.0. The van der Waals surface area contributed by atoms with Crippen LogP contribution in [0.4, 0.5) is 5.00 Å². The van der Waals surface area contributed by atoms with Crippen molar-refractivity contribution in [3.8, 4) is 11.5 Å². The first kappa shape index (κ1) is 21.9. The number of phenolic OH excluding ortho intramolecular Hbond substituents is 2. The van der Waals surface area contributed by atoms with Gasteiger partial charge in [0, 0.05) is 11.0 Å². The number of carboxylic acid groups (broad SMARTS) is 1. The Bertz CT molecular complexity index is 1020. The second-order valence-corrected chi connectivity index (χ2v) is 9.98. The third-order valence-corrected chi connectivity index (χ3v) is 6.72. The summed E-state index contributed by atoms with van der Waals surface area (Å²) in [6.45, 7) is 8.54. The molecule has 3 rings (SSSR count). The van der Waals surface area contributed by atoms with Gasteiger partial charge in [-0.3, -0.25) is 4.79 Å². The minimum Gasteiger partial charge on any atom is -0.504 e. The second-order valence-electron chi connectivity index (χ2n) is 8.88. The predicted molar refractivity (Wildman–Crippen MR) is 118 cm³/mol. The van der Waals surface area contributed by atoms with Crippen LogP contribution in [-0.4, -0.2) is 27.2 Å². The summed E-state index contributed by atoms with van der Waals surface area (Å²) >= 11 is 1.35. The highest BCUT2D eigenvalue weighted by Crippen LogP contribution is 2.52. The van der Waals surface area contributed by atoms with E-state index in [0.717, 1.165) is 23.3 Å². The van der Waals surface area contributed by atoms with Crippen molar-refractivity contribution in [3.05, 3.63) is 45.8 Å². The average Bonchev–Trinajstić information content (AvgIpc) is 2.99. The standard InChI is InChI=1S/C23H27NO5S/c1-12-5-9-16-18(20(12)23(2,3)4)19(22(28)29)21(30-16)24-17(27)10-7-13-6-8-14(25)15(26)11-13/h6-8,10-12,20,25-26H,5,9H2,1-4H3,(H,24,27)(H,28,29). The first-order valence-electron chi connectivity index (χ1n) is 9.89. The Morgan fingerprint density at radius 3 is 2.50 bits per heavy atom. The summed E-state index contributed by atoms with van der Waals surface area (Å²) in [7, 11) is 0. The summed E-state index contributed by atoms with van der Waals surface area (Å²) in [6.07, 6.45) is 4.57. The van der Waals surface area contributed by atoms with Crippen LogP contribution in [0.1, 0.15) is 66.4 Å². The number of benzene rings is 1. The molecular weight excluding hydrogens is 402 g/mol. The van der Waals surface area contributed by atoms with Crippen molar-refractivity contribution >= 4 is 34.3 Å². The first-order valence-corrected chi connectivity index (χ1v) is 10.7. The Balaban J connectivity index is 1.91. The van der Waals surface area contributed by atoms with E-state index in [1.54, 1.807) is 6.07 Å². The topological polar surface area (TPSA) is 107 Å². The number of carbonyl (C=O) groups excluding carboxylic acids is 1. The van der Waals surface area contributed by atoms with Gasteiger partial charge in [-0.1, -0.05) is 33.8 Å². The number of hydrogen-bond donors (Lipinski definition) is 4. The molecule has 2 unspecified atom stereocenters. The van der Waals surface area contributed by atoms with Crippen molar-refractivity contribution in [2.24, 2.45) is 11.3 Å². The van der Waals surface area contributed by atoms with E-state index in [4.69, 9.17) is 0 Å². The van der Waals surface area contributed by atoms with Gasteiger partial charge in [-0.25, -0.2) is 4.79 Å². The molecule has 0 aliphatic heterocycles. The minimum absolute atomic E-state index is 0.0953. The molecule has 1 heterocycles. The van der Waals surface area contributed by atoms with Gasteiger partial charge in [-0.2, -0.15) is 0 Å². The molecule has 160 valence electrons. The van der Waals surface area contributed by atoms with Crippen LogP contribution >= 0.6 is 11.3 Å². The van der Waals surface area contributed by atoms with Crippen LogP contribution in [0.3, 0.4) is 0 Å². The molecule has 0 spiro atoms. The van der Waals surface area contributed by atoms with E-state index in [1.807, 2.05) is 0 Å². The summed E-state index contributed by atoms with van der Waals surface area (Å²) in [4.78, 5) is 25.7. The fourth-order valence-corrected chi connectivity index (χ4v) is 5.63. The number of carbonyl (C=O) groups is 2. The van der Waals surface area contributed by atoms with Crippen molar-refractivity contribution in [1.29, 1.82) is 0 Å². The average molecular weight is 430 g/mol. The van der Waals surface area contributed by atoms with Crippen LogP contribution in [0.25, 0.3) is 6.08 Å². The molecule has 7 heteroatoms. The maximum atomic E-state index is 12.5. The lowest BCUT2D eigenvalue weighted by molar-refractivity contribution is -0.111. The number of rotatable bonds is 4.